The number of halogens is 2. The molecule has 6 nitrogen and oxygen atoms in total. The second-order valence-electron chi connectivity index (χ2n) is 7.69. The van der Waals surface area contributed by atoms with Crippen molar-refractivity contribution in [1.82, 2.24) is 0 Å². The average Bonchev–Trinajstić information content (AvgIpc) is 3.58. The van der Waals surface area contributed by atoms with Crippen LogP contribution in [0.2, 0.25) is 5.02 Å². The summed E-state index contributed by atoms with van der Waals surface area (Å²) in [5.74, 6) is -0.287. The van der Waals surface area contributed by atoms with Crippen molar-refractivity contribution in [3.8, 4) is 5.75 Å². The molecule has 0 spiro atoms. The zero-order valence-corrected chi connectivity index (χ0v) is 18.4. The number of aliphatic hydroxyl groups is 3. The smallest absolute Gasteiger partial charge is 0.165 e. The molecule has 5 unspecified atom stereocenters. The maximum Gasteiger partial charge on any atom is 0.165 e. The Hall–Kier alpha value is -1.39. The molecular formula is C22H24ClFO6S. The summed E-state index contributed by atoms with van der Waals surface area (Å²) in [5, 5.41) is 31.2. The first kappa shape index (κ1) is 22.8. The molecule has 0 aliphatic carbocycles. The van der Waals surface area contributed by atoms with E-state index in [0.717, 1.165) is 5.56 Å². The Morgan fingerprint density at radius 2 is 1.90 bits per heavy atom. The summed E-state index contributed by atoms with van der Waals surface area (Å²) in [5.41, 5.74) is 1.36. The van der Waals surface area contributed by atoms with Crippen LogP contribution in [0.4, 0.5) is 4.39 Å². The standard InChI is InChI=1S/C22H24ClFO6S/c1-31-22-20(27)18(25)19(26)21(30-22)12-3-4-15(23)13(8-12)6-11-2-5-17(16(24)7-11)29-10-14-9-28-14/h2-5,7-8,14,18-22,25-27H,6,9-10H2,1H3/t14-,18?,19?,20?,21?,22?/m0/s1. The second kappa shape index (κ2) is 9.62. The topological polar surface area (TPSA) is 91.7 Å². The highest BCUT2D eigenvalue weighted by atomic mass is 35.5. The van der Waals surface area contributed by atoms with Crippen molar-refractivity contribution in [3.63, 3.8) is 0 Å². The van der Waals surface area contributed by atoms with E-state index in [1.54, 1.807) is 36.6 Å². The average molecular weight is 471 g/mol. The minimum absolute atomic E-state index is 0.0447. The number of benzene rings is 2. The van der Waals surface area contributed by atoms with Crippen molar-refractivity contribution in [1.29, 1.82) is 0 Å². The molecule has 0 amide bonds. The Morgan fingerprint density at radius 3 is 2.58 bits per heavy atom. The van der Waals surface area contributed by atoms with Gasteiger partial charge in [0.15, 0.2) is 11.6 Å². The van der Waals surface area contributed by atoms with Gasteiger partial charge in [-0.3, -0.25) is 0 Å². The first-order valence-electron chi connectivity index (χ1n) is 9.91. The van der Waals surface area contributed by atoms with Gasteiger partial charge in [0.1, 0.15) is 42.6 Å². The van der Waals surface area contributed by atoms with Crippen LogP contribution in [0.25, 0.3) is 0 Å². The third-order valence-electron chi connectivity index (χ3n) is 5.42. The van der Waals surface area contributed by atoms with E-state index < -0.39 is 35.7 Å². The Balaban J connectivity index is 1.52. The van der Waals surface area contributed by atoms with Crippen molar-refractivity contribution < 1.29 is 33.9 Å². The van der Waals surface area contributed by atoms with Gasteiger partial charge in [0.05, 0.1) is 6.61 Å². The summed E-state index contributed by atoms with van der Waals surface area (Å²) in [7, 11) is 0. The van der Waals surface area contributed by atoms with Crippen molar-refractivity contribution in [2.45, 2.75) is 42.4 Å². The van der Waals surface area contributed by atoms with E-state index >= 15 is 0 Å². The number of aliphatic hydroxyl groups excluding tert-OH is 3. The Kier molecular flexibility index (Phi) is 7.07. The molecule has 168 valence electrons. The number of ether oxygens (including phenoxy) is 3. The largest absolute Gasteiger partial charge is 0.488 e. The van der Waals surface area contributed by atoms with Gasteiger partial charge in [-0.05, 0) is 47.6 Å². The van der Waals surface area contributed by atoms with E-state index in [-0.39, 0.29) is 11.9 Å². The lowest BCUT2D eigenvalue weighted by atomic mass is 9.92. The first-order valence-corrected chi connectivity index (χ1v) is 11.6. The molecule has 3 N–H and O–H groups in total. The van der Waals surface area contributed by atoms with Gasteiger partial charge < -0.3 is 29.5 Å². The fourth-order valence-corrected chi connectivity index (χ4v) is 4.42. The van der Waals surface area contributed by atoms with Gasteiger partial charge in [-0.25, -0.2) is 4.39 Å². The molecule has 0 aromatic heterocycles. The van der Waals surface area contributed by atoms with E-state index in [2.05, 4.69) is 0 Å². The second-order valence-corrected chi connectivity index (χ2v) is 9.03. The molecule has 2 saturated heterocycles. The predicted molar refractivity (Wildman–Crippen MR) is 115 cm³/mol. The Labute approximate surface area is 188 Å². The number of hydrogen-bond donors (Lipinski definition) is 3. The lowest BCUT2D eigenvalue weighted by Gasteiger charge is -2.40. The molecule has 0 radical (unpaired) electrons. The summed E-state index contributed by atoms with van der Waals surface area (Å²) < 4.78 is 30.7. The van der Waals surface area contributed by atoms with Gasteiger partial charge in [0.2, 0.25) is 0 Å². The van der Waals surface area contributed by atoms with Gasteiger partial charge in [-0.1, -0.05) is 29.8 Å². The molecule has 2 heterocycles. The normalized spacial score (nSPS) is 30.3. The molecule has 2 fully saturated rings. The number of thioether (sulfide) groups is 1. The summed E-state index contributed by atoms with van der Waals surface area (Å²) in [4.78, 5) is 0. The molecule has 31 heavy (non-hydrogen) atoms. The molecule has 2 aliphatic rings. The maximum atomic E-state index is 14.4. The number of rotatable bonds is 7. The minimum atomic E-state index is -1.34. The van der Waals surface area contributed by atoms with Crippen molar-refractivity contribution >= 4 is 23.4 Å². The SMILES string of the molecule is CSC1OC(c2ccc(Cl)c(Cc3ccc(OC[C@@H]4CO4)c(F)c3)c2)C(O)C(O)C1O. The molecule has 6 atom stereocenters. The summed E-state index contributed by atoms with van der Waals surface area (Å²) in [6, 6.07) is 9.91. The summed E-state index contributed by atoms with van der Waals surface area (Å²) >= 11 is 7.61. The Morgan fingerprint density at radius 1 is 1.13 bits per heavy atom. The van der Waals surface area contributed by atoms with Crippen LogP contribution in [0.15, 0.2) is 36.4 Å². The van der Waals surface area contributed by atoms with Crippen LogP contribution >= 0.6 is 23.4 Å². The lowest BCUT2D eigenvalue weighted by Crippen LogP contribution is -2.52. The molecule has 0 saturated carbocycles. The third-order valence-corrected chi connectivity index (χ3v) is 6.64. The van der Waals surface area contributed by atoms with Crippen LogP contribution < -0.4 is 4.74 Å². The summed E-state index contributed by atoms with van der Waals surface area (Å²) in [6.07, 6.45) is -2.50. The summed E-state index contributed by atoms with van der Waals surface area (Å²) in [6.45, 7) is 0.965. The van der Waals surface area contributed by atoms with E-state index in [9.17, 15) is 19.7 Å². The zero-order chi connectivity index (χ0) is 22.1. The van der Waals surface area contributed by atoms with Crippen molar-refractivity contribution in [2.24, 2.45) is 0 Å². The molecule has 4 rings (SSSR count). The fourth-order valence-electron chi connectivity index (χ4n) is 3.56. The molecule has 2 aliphatic heterocycles. The van der Waals surface area contributed by atoms with Crippen LogP contribution in [-0.4, -0.2) is 64.6 Å². The van der Waals surface area contributed by atoms with E-state index in [1.807, 2.05) is 0 Å². The highest BCUT2D eigenvalue weighted by Gasteiger charge is 2.44. The molecule has 0 bridgehead atoms. The van der Waals surface area contributed by atoms with Crippen LogP contribution in [0.5, 0.6) is 5.75 Å². The van der Waals surface area contributed by atoms with Gasteiger partial charge >= 0.3 is 0 Å². The molecule has 9 heteroatoms. The van der Waals surface area contributed by atoms with Gasteiger partial charge in [0, 0.05) is 5.02 Å². The van der Waals surface area contributed by atoms with Crippen LogP contribution in [0, 0.1) is 5.82 Å². The van der Waals surface area contributed by atoms with Crippen LogP contribution in [-0.2, 0) is 15.9 Å². The monoisotopic (exact) mass is 470 g/mol. The van der Waals surface area contributed by atoms with E-state index in [0.29, 0.717) is 35.8 Å². The first-order chi connectivity index (χ1) is 14.9. The van der Waals surface area contributed by atoms with Crippen molar-refractivity contribution in [2.75, 3.05) is 19.5 Å². The fraction of sp³-hybridized carbons (Fsp3) is 0.455. The van der Waals surface area contributed by atoms with E-state index in [4.69, 9.17) is 25.8 Å². The van der Waals surface area contributed by atoms with Crippen LogP contribution in [0.3, 0.4) is 0 Å². The van der Waals surface area contributed by atoms with Gasteiger partial charge in [-0.15, -0.1) is 11.8 Å². The Bertz CT molecular complexity index is 925. The molecular weight excluding hydrogens is 447 g/mol. The highest BCUT2D eigenvalue weighted by molar-refractivity contribution is 7.99. The highest BCUT2D eigenvalue weighted by Crippen LogP contribution is 2.37. The number of hydrogen-bond acceptors (Lipinski definition) is 7. The third kappa shape index (κ3) is 5.17. The zero-order valence-electron chi connectivity index (χ0n) is 16.8. The molecule has 2 aromatic rings. The minimum Gasteiger partial charge on any atom is -0.488 e. The lowest BCUT2D eigenvalue weighted by molar-refractivity contribution is -0.200. The predicted octanol–water partition coefficient (Wildman–Crippen LogP) is 2.69. The maximum absolute atomic E-state index is 14.4. The quantitative estimate of drug-likeness (QED) is 0.536. The molecule has 2 aromatic carbocycles. The van der Waals surface area contributed by atoms with Crippen LogP contribution in [0.1, 0.15) is 22.8 Å². The van der Waals surface area contributed by atoms with E-state index in [1.165, 1.54) is 17.8 Å². The van der Waals surface area contributed by atoms with Crippen molar-refractivity contribution in [3.05, 3.63) is 63.9 Å². The van der Waals surface area contributed by atoms with Gasteiger partial charge in [-0.2, -0.15) is 0 Å². The number of epoxide rings is 1. The van der Waals surface area contributed by atoms with Gasteiger partial charge in [0.25, 0.3) is 0 Å².